The van der Waals surface area contributed by atoms with E-state index in [-0.39, 0.29) is 24.0 Å². The summed E-state index contributed by atoms with van der Waals surface area (Å²) in [6, 6.07) is 10.5. The minimum absolute atomic E-state index is 0.0839. The maximum Gasteiger partial charge on any atom is 0.230 e. The van der Waals surface area contributed by atoms with Gasteiger partial charge in [0.25, 0.3) is 0 Å². The van der Waals surface area contributed by atoms with Gasteiger partial charge in [-0.25, -0.2) is 0 Å². The van der Waals surface area contributed by atoms with E-state index in [0.29, 0.717) is 18.3 Å². The molecule has 0 spiro atoms. The second-order valence-corrected chi connectivity index (χ2v) is 7.14. The first-order chi connectivity index (χ1) is 11.6. The van der Waals surface area contributed by atoms with Crippen molar-refractivity contribution in [3.8, 4) is 0 Å². The van der Waals surface area contributed by atoms with Gasteiger partial charge in [0.1, 0.15) is 0 Å². The van der Waals surface area contributed by atoms with E-state index in [1.54, 1.807) is 0 Å². The smallest absolute Gasteiger partial charge is 0.230 e. The predicted molar refractivity (Wildman–Crippen MR) is 92.4 cm³/mol. The average molecular weight is 329 g/mol. The number of aromatic nitrogens is 2. The number of rotatable bonds is 7. The molecule has 0 unspecified atom stereocenters. The molecule has 5 heteroatoms. The van der Waals surface area contributed by atoms with Crippen molar-refractivity contribution in [2.75, 3.05) is 6.61 Å². The molecule has 1 fully saturated rings. The molecule has 2 aromatic rings. The fourth-order valence-electron chi connectivity index (χ4n) is 3.71. The molecule has 5 nitrogen and oxygen atoms in total. The largest absolute Gasteiger partial charge is 0.424 e. The molecule has 1 aliphatic rings. The first kappa shape index (κ1) is 17.1. The number of aliphatic hydroxyl groups is 1. The van der Waals surface area contributed by atoms with Crippen LogP contribution in [0.3, 0.4) is 0 Å². The molecule has 1 aromatic heterocycles. The minimum atomic E-state index is -0.109. The van der Waals surface area contributed by atoms with Crippen molar-refractivity contribution in [2.24, 2.45) is 5.41 Å². The second-order valence-electron chi connectivity index (χ2n) is 7.14. The maximum absolute atomic E-state index is 10.1. The van der Waals surface area contributed by atoms with E-state index in [1.807, 2.05) is 32.0 Å². The molecule has 3 rings (SSSR count). The van der Waals surface area contributed by atoms with Crippen LogP contribution in [0.2, 0.25) is 0 Å². The molecule has 1 atom stereocenters. The number of benzene rings is 1. The Morgan fingerprint density at radius 1 is 1.17 bits per heavy atom. The molecular formula is C19H27N3O2. The van der Waals surface area contributed by atoms with E-state index in [2.05, 4.69) is 27.6 Å². The summed E-state index contributed by atoms with van der Waals surface area (Å²) in [6.07, 6.45) is 4.42. The first-order valence-corrected chi connectivity index (χ1v) is 8.86. The monoisotopic (exact) mass is 329 g/mol. The highest BCUT2D eigenvalue weighted by Crippen LogP contribution is 2.47. The molecule has 24 heavy (non-hydrogen) atoms. The van der Waals surface area contributed by atoms with Crippen molar-refractivity contribution in [1.29, 1.82) is 0 Å². The van der Waals surface area contributed by atoms with Gasteiger partial charge in [-0.2, -0.15) is 0 Å². The number of hydrogen-bond donors (Lipinski definition) is 2. The summed E-state index contributed by atoms with van der Waals surface area (Å²) >= 11 is 0. The molecule has 1 heterocycles. The standard InChI is InChI=1S/C19H27N3O2/c1-14(2)18-22-21-16(24-18)12-20-17(15-8-4-3-5-9-15)19(13-23)10-6-7-11-19/h3-5,8-9,14,17,20,23H,6-7,10-13H2,1-2H3/t17-/m1/s1. The summed E-state index contributed by atoms with van der Waals surface area (Å²) < 4.78 is 5.71. The van der Waals surface area contributed by atoms with Crippen molar-refractivity contribution >= 4 is 0 Å². The van der Waals surface area contributed by atoms with Gasteiger partial charge >= 0.3 is 0 Å². The Morgan fingerprint density at radius 3 is 2.46 bits per heavy atom. The maximum atomic E-state index is 10.1. The van der Waals surface area contributed by atoms with Gasteiger partial charge in [0.05, 0.1) is 13.2 Å². The SMILES string of the molecule is CC(C)c1nnc(CN[C@H](c2ccccc2)C2(CO)CCCC2)o1. The van der Waals surface area contributed by atoms with Crippen molar-refractivity contribution in [3.63, 3.8) is 0 Å². The van der Waals surface area contributed by atoms with Gasteiger partial charge in [0, 0.05) is 17.4 Å². The van der Waals surface area contributed by atoms with Crippen molar-refractivity contribution < 1.29 is 9.52 Å². The summed E-state index contributed by atoms with van der Waals surface area (Å²) in [6.45, 7) is 4.79. The van der Waals surface area contributed by atoms with Gasteiger partial charge in [-0.05, 0) is 18.4 Å². The Balaban J connectivity index is 1.79. The fourth-order valence-corrected chi connectivity index (χ4v) is 3.71. The van der Waals surface area contributed by atoms with Gasteiger partial charge in [-0.3, -0.25) is 0 Å². The van der Waals surface area contributed by atoms with Crippen LogP contribution in [0.5, 0.6) is 0 Å². The van der Waals surface area contributed by atoms with Crippen LogP contribution in [0.1, 0.15) is 68.8 Å². The molecule has 1 aliphatic carbocycles. The van der Waals surface area contributed by atoms with Crippen molar-refractivity contribution in [1.82, 2.24) is 15.5 Å². The van der Waals surface area contributed by atoms with E-state index < -0.39 is 0 Å². The Kier molecular flexibility index (Phi) is 5.31. The van der Waals surface area contributed by atoms with Gasteiger partial charge in [-0.15, -0.1) is 10.2 Å². The topological polar surface area (TPSA) is 71.2 Å². The van der Waals surface area contributed by atoms with E-state index >= 15 is 0 Å². The highest BCUT2D eigenvalue weighted by atomic mass is 16.4. The zero-order valence-electron chi connectivity index (χ0n) is 14.5. The van der Waals surface area contributed by atoms with Crippen LogP contribution in [0.25, 0.3) is 0 Å². The van der Waals surface area contributed by atoms with Gasteiger partial charge in [0.15, 0.2) is 0 Å². The normalized spacial score (nSPS) is 18.2. The lowest BCUT2D eigenvalue weighted by Gasteiger charge is -2.37. The predicted octanol–water partition coefficient (Wildman–Crippen LogP) is 3.58. The van der Waals surface area contributed by atoms with Gasteiger partial charge in [0.2, 0.25) is 11.8 Å². The summed E-state index contributed by atoms with van der Waals surface area (Å²) in [5.74, 6) is 1.50. The average Bonchev–Trinajstić information content (AvgIpc) is 3.26. The Labute approximate surface area is 143 Å². The molecule has 130 valence electrons. The zero-order valence-corrected chi connectivity index (χ0v) is 14.5. The highest BCUT2D eigenvalue weighted by molar-refractivity contribution is 5.22. The second kappa shape index (κ2) is 7.45. The quantitative estimate of drug-likeness (QED) is 0.812. The number of nitrogens with one attached hydrogen (secondary N) is 1. The van der Waals surface area contributed by atoms with Crippen LogP contribution in [0.15, 0.2) is 34.7 Å². The highest BCUT2D eigenvalue weighted by Gasteiger charge is 2.41. The Morgan fingerprint density at radius 2 is 1.88 bits per heavy atom. The third kappa shape index (κ3) is 3.52. The van der Waals surface area contributed by atoms with Crippen molar-refractivity contribution in [3.05, 3.63) is 47.7 Å². The molecule has 0 radical (unpaired) electrons. The molecule has 2 N–H and O–H groups in total. The lowest BCUT2D eigenvalue weighted by molar-refractivity contribution is 0.0838. The van der Waals surface area contributed by atoms with Crippen LogP contribution in [-0.2, 0) is 6.54 Å². The lowest BCUT2D eigenvalue weighted by atomic mass is 9.76. The molecule has 0 saturated heterocycles. The van der Waals surface area contributed by atoms with E-state index in [1.165, 1.54) is 18.4 Å². The molecule has 0 amide bonds. The van der Waals surface area contributed by atoms with E-state index in [0.717, 1.165) is 12.8 Å². The summed E-state index contributed by atoms with van der Waals surface area (Å²) in [5.41, 5.74) is 1.10. The summed E-state index contributed by atoms with van der Waals surface area (Å²) in [7, 11) is 0. The van der Waals surface area contributed by atoms with Crippen LogP contribution < -0.4 is 5.32 Å². The van der Waals surface area contributed by atoms with Gasteiger partial charge in [-0.1, -0.05) is 57.0 Å². The Hall–Kier alpha value is -1.72. The number of hydrogen-bond acceptors (Lipinski definition) is 5. The van der Waals surface area contributed by atoms with E-state index in [9.17, 15) is 5.11 Å². The molecular weight excluding hydrogens is 302 g/mol. The van der Waals surface area contributed by atoms with Crippen LogP contribution >= 0.6 is 0 Å². The first-order valence-electron chi connectivity index (χ1n) is 8.86. The summed E-state index contributed by atoms with van der Waals surface area (Å²) in [4.78, 5) is 0. The number of aliphatic hydroxyl groups excluding tert-OH is 1. The van der Waals surface area contributed by atoms with Crippen LogP contribution in [0.4, 0.5) is 0 Å². The third-order valence-electron chi connectivity index (χ3n) is 5.09. The van der Waals surface area contributed by atoms with Crippen LogP contribution in [0, 0.1) is 5.41 Å². The minimum Gasteiger partial charge on any atom is -0.424 e. The Bertz CT molecular complexity index is 633. The van der Waals surface area contributed by atoms with Crippen LogP contribution in [-0.4, -0.2) is 21.9 Å². The summed E-state index contributed by atoms with van der Waals surface area (Å²) in [5, 5.41) is 21.9. The van der Waals surface area contributed by atoms with Crippen molar-refractivity contribution in [2.45, 2.75) is 58.0 Å². The number of nitrogens with zero attached hydrogens (tertiary/aromatic N) is 2. The fraction of sp³-hybridized carbons (Fsp3) is 0.579. The molecule has 0 bridgehead atoms. The molecule has 0 aliphatic heterocycles. The van der Waals surface area contributed by atoms with E-state index in [4.69, 9.17) is 4.42 Å². The van der Waals surface area contributed by atoms with Gasteiger partial charge < -0.3 is 14.8 Å². The lowest BCUT2D eigenvalue weighted by Crippen LogP contribution is -2.39. The molecule has 1 aromatic carbocycles. The zero-order chi connectivity index (χ0) is 17.0. The third-order valence-corrected chi connectivity index (χ3v) is 5.09. The molecule has 1 saturated carbocycles.